The fourth-order valence-electron chi connectivity index (χ4n) is 1.89. The summed E-state index contributed by atoms with van der Waals surface area (Å²) in [5, 5.41) is 3.27. The summed E-state index contributed by atoms with van der Waals surface area (Å²) in [4.78, 5) is 11.3. The molecule has 0 saturated carbocycles. The predicted octanol–water partition coefficient (Wildman–Crippen LogP) is 1.68. The van der Waals surface area contributed by atoms with Crippen molar-refractivity contribution >= 4 is 21.8 Å². The van der Waals surface area contributed by atoms with Gasteiger partial charge in [-0.3, -0.25) is 4.79 Å². The molecule has 1 aliphatic rings. The van der Waals surface area contributed by atoms with Crippen LogP contribution in [-0.4, -0.2) is 25.1 Å². The Labute approximate surface area is 109 Å². The van der Waals surface area contributed by atoms with Gasteiger partial charge in [-0.05, 0) is 44.1 Å². The van der Waals surface area contributed by atoms with Crippen LogP contribution in [0.4, 0.5) is 0 Å². The second-order valence-corrected chi connectivity index (χ2v) is 4.99. The van der Waals surface area contributed by atoms with Crippen LogP contribution in [0.25, 0.3) is 0 Å². The van der Waals surface area contributed by atoms with Crippen LogP contribution in [0.5, 0.6) is 5.75 Å². The third kappa shape index (κ3) is 3.20. The number of benzene rings is 1. The topological polar surface area (TPSA) is 64.4 Å². The van der Waals surface area contributed by atoms with Crippen LogP contribution in [0.2, 0.25) is 0 Å². The molecular weight excluding hydrogens is 284 g/mol. The minimum absolute atomic E-state index is 0.156. The lowest BCUT2D eigenvalue weighted by atomic mass is 10.1. The summed E-state index contributed by atoms with van der Waals surface area (Å²) < 4.78 is 6.74. The molecular formula is C12H15BrN2O2. The number of rotatable bonds is 3. The first-order valence-corrected chi connectivity index (χ1v) is 6.43. The van der Waals surface area contributed by atoms with E-state index in [4.69, 9.17) is 10.5 Å². The third-order valence-corrected chi connectivity index (χ3v) is 3.28. The van der Waals surface area contributed by atoms with Gasteiger partial charge in [0.25, 0.3) is 5.91 Å². The average molecular weight is 299 g/mol. The molecule has 1 aromatic carbocycles. The molecule has 1 amide bonds. The highest BCUT2D eigenvalue weighted by Crippen LogP contribution is 2.25. The molecule has 17 heavy (non-hydrogen) atoms. The molecule has 4 nitrogen and oxygen atoms in total. The van der Waals surface area contributed by atoms with Gasteiger partial charge in [0.2, 0.25) is 0 Å². The third-order valence-electron chi connectivity index (χ3n) is 2.79. The van der Waals surface area contributed by atoms with Crippen molar-refractivity contribution in [1.29, 1.82) is 0 Å². The van der Waals surface area contributed by atoms with E-state index < -0.39 is 5.91 Å². The second kappa shape index (κ2) is 5.51. The lowest BCUT2D eigenvalue weighted by molar-refractivity contribution is 0.0989. The normalized spacial score (nSPS) is 16.8. The number of carbonyl (C=O) groups excluding carboxylic acids is 1. The zero-order chi connectivity index (χ0) is 12.3. The Balaban J connectivity index is 2.17. The minimum Gasteiger partial charge on any atom is -0.489 e. The van der Waals surface area contributed by atoms with Gasteiger partial charge < -0.3 is 15.8 Å². The SMILES string of the molecule is NC(=O)c1ccc(Br)cc1OC1CCNCC1. The van der Waals surface area contributed by atoms with Crippen LogP contribution in [0.1, 0.15) is 23.2 Å². The monoisotopic (exact) mass is 298 g/mol. The number of nitrogens with two attached hydrogens (primary N) is 1. The zero-order valence-electron chi connectivity index (χ0n) is 9.41. The molecule has 0 spiro atoms. The summed E-state index contributed by atoms with van der Waals surface area (Å²) in [5.74, 6) is 0.111. The fraction of sp³-hybridized carbons (Fsp3) is 0.417. The number of piperidine rings is 1. The molecule has 0 radical (unpaired) electrons. The molecule has 1 heterocycles. The van der Waals surface area contributed by atoms with Crippen molar-refractivity contribution in [2.75, 3.05) is 13.1 Å². The molecule has 1 saturated heterocycles. The first kappa shape index (κ1) is 12.4. The Hall–Kier alpha value is -1.07. The number of carbonyl (C=O) groups is 1. The fourth-order valence-corrected chi connectivity index (χ4v) is 2.23. The van der Waals surface area contributed by atoms with Gasteiger partial charge in [0, 0.05) is 4.47 Å². The Morgan fingerprint density at radius 3 is 2.76 bits per heavy atom. The molecule has 1 aliphatic heterocycles. The standard InChI is InChI=1S/C12H15BrN2O2/c13-8-1-2-10(12(14)16)11(7-8)17-9-3-5-15-6-4-9/h1-2,7,9,15H,3-6H2,(H2,14,16). The van der Waals surface area contributed by atoms with Gasteiger partial charge in [-0.1, -0.05) is 15.9 Å². The van der Waals surface area contributed by atoms with E-state index in [1.165, 1.54) is 0 Å². The van der Waals surface area contributed by atoms with Crippen molar-refractivity contribution in [1.82, 2.24) is 5.32 Å². The van der Waals surface area contributed by atoms with E-state index in [0.29, 0.717) is 11.3 Å². The van der Waals surface area contributed by atoms with Gasteiger partial charge in [-0.2, -0.15) is 0 Å². The lowest BCUT2D eigenvalue weighted by Gasteiger charge is -2.24. The first-order chi connectivity index (χ1) is 8.16. The Morgan fingerprint density at radius 2 is 2.12 bits per heavy atom. The summed E-state index contributed by atoms with van der Waals surface area (Å²) >= 11 is 3.37. The Morgan fingerprint density at radius 1 is 1.41 bits per heavy atom. The molecule has 0 bridgehead atoms. The van der Waals surface area contributed by atoms with Crippen LogP contribution in [-0.2, 0) is 0 Å². The minimum atomic E-state index is -0.457. The number of hydrogen-bond acceptors (Lipinski definition) is 3. The van der Waals surface area contributed by atoms with Gasteiger partial charge in [0.1, 0.15) is 11.9 Å². The van der Waals surface area contributed by atoms with Gasteiger partial charge in [0.05, 0.1) is 5.56 Å². The van der Waals surface area contributed by atoms with E-state index in [2.05, 4.69) is 21.2 Å². The average Bonchev–Trinajstić information content (AvgIpc) is 2.30. The Bertz CT molecular complexity index is 417. The number of hydrogen-bond donors (Lipinski definition) is 2. The van der Waals surface area contributed by atoms with E-state index >= 15 is 0 Å². The van der Waals surface area contributed by atoms with Crippen LogP contribution < -0.4 is 15.8 Å². The van der Waals surface area contributed by atoms with E-state index in [-0.39, 0.29) is 6.10 Å². The lowest BCUT2D eigenvalue weighted by Crippen LogP contribution is -2.34. The molecule has 2 rings (SSSR count). The number of halogens is 1. The molecule has 0 aliphatic carbocycles. The van der Waals surface area contributed by atoms with Crippen molar-refractivity contribution in [2.24, 2.45) is 5.73 Å². The molecule has 1 aromatic rings. The van der Waals surface area contributed by atoms with Crippen molar-refractivity contribution in [3.8, 4) is 5.75 Å². The molecule has 5 heteroatoms. The highest BCUT2D eigenvalue weighted by molar-refractivity contribution is 9.10. The van der Waals surface area contributed by atoms with E-state index in [0.717, 1.165) is 30.4 Å². The summed E-state index contributed by atoms with van der Waals surface area (Å²) in [6, 6.07) is 5.26. The Kier molecular flexibility index (Phi) is 4.02. The molecule has 3 N–H and O–H groups in total. The van der Waals surface area contributed by atoms with E-state index in [1.807, 2.05) is 0 Å². The highest BCUT2D eigenvalue weighted by atomic mass is 79.9. The first-order valence-electron chi connectivity index (χ1n) is 5.63. The number of nitrogens with one attached hydrogen (secondary N) is 1. The van der Waals surface area contributed by atoms with Crippen LogP contribution in [0, 0.1) is 0 Å². The predicted molar refractivity (Wildman–Crippen MR) is 69.2 cm³/mol. The quantitative estimate of drug-likeness (QED) is 0.892. The molecule has 92 valence electrons. The number of ether oxygens (including phenoxy) is 1. The summed E-state index contributed by atoms with van der Waals surface area (Å²) in [7, 11) is 0. The maximum absolute atomic E-state index is 11.3. The van der Waals surface area contributed by atoms with Crippen molar-refractivity contribution < 1.29 is 9.53 Å². The van der Waals surface area contributed by atoms with Gasteiger partial charge in [-0.25, -0.2) is 0 Å². The van der Waals surface area contributed by atoms with Crippen molar-refractivity contribution in [2.45, 2.75) is 18.9 Å². The molecule has 1 fully saturated rings. The zero-order valence-corrected chi connectivity index (χ0v) is 11.0. The van der Waals surface area contributed by atoms with Crippen LogP contribution >= 0.6 is 15.9 Å². The van der Waals surface area contributed by atoms with Gasteiger partial charge >= 0.3 is 0 Å². The maximum atomic E-state index is 11.3. The van der Waals surface area contributed by atoms with Gasteiger partial charge in [0.15, 0.2) is 0 Å². The largest absolute Gasteiger partial charge is 0.489 e. The smallest absolute Gasteiger partial charge is 0.252 e. The van der Waals surface area contributed by atoms with Crippen molar-refractivity contribution in [3.05, 3.63) is 28.2 Å². The summed E-state index contributed by atoms with van der Waals surface area (Å²) in [6.45, 7) is 1.90. The van der Waals surface area contributed by atoms with Crippen LogP contribution in [0.15, 0.2) is 22.7 Å². The molecule has 0 aromatic heterocycles. The second-order valence-electron chi connectivity index (χ2n) is 4.07. The van der Waals surface area contributed by atoms with Crippen molar-refractivity contribution in [3.63, 3.8) is 0 Å². The maximum Gasteiger partial charge on any atom is 0.252 e. The number of amides is 1. The van der Waals surface area contributed by atoms with Crippen LogP contribution in [0.3, 0.4) is 0 Å². The highest BCUT2D eigenvalue weighted by Gasteiger charge is 2.17. The number of primary amides is 1. The van der Waals surface area contributed by atoms with E-state index in [9.17, 15) is 4.79 Å². The summed E-state index contributed by atoms with van der Waals surface area (Å²) in [6.07, 6.45) is 2.05. The summed E-state index contributed by atoms with van der Waals surface area (Å²) in [5.41, 5.74) is 5.76. The molecule has 0 unspecified atom stereocenters. The van der Waals surface area contributed by atoms with E-state index in [1.54, 1.807) is 18.2 Å². The van der Waals surface area contributed by atoms with Gasteiger partial charge in [-0.15, -0.1) is 0 Å². The molecule has 0 atom stereocenters.